The van der Waals surface area contributed by atoms with Gasteiger partial charge in [-0.15, -0.1) is 0 Å². The Morgan fingerprint density at radius 3 is 2.47 bits per heavy atom. The van der Waals surface area contributed by atoms with Gasteiger partial charge in [0, 0.05) is 11.1 Å². The highest BCUT2D eigenvalue weighted by molar-refractivity contribution is 6.33. The average Bonchev–Trinajstić information content (AvgIpc) is 3.37. The van der Waals surface area contributed by atoms with E-state index in [-0.39, 0.29) is 25.2 Å². The van der Waals surface area contributed by atoms with Gasteiger partial charge in [0.1, 0.15) is 0 Å². The van der Waals surface area contributed by atoms with Crippen molar-refractivity contribution >= 4 is 23.5 Å². The largest absolute Gasteiger partial charge is 0.490 e. The topological polar surface area (TPSA) is 74.3 Å². The minimum Gasteiger partial charge on any atom is -0.490 e. The number of nitrogens with zero attached hydrogens (tertiary/aromatic N) is 1. The molecule has 0 saturated heterocycles. The Labute approximate surface area is 209 Å². The van der Waals surface area contributed by atoms with Gasteiger partial charge in [-0.25, -0.2) is 0 Å². The third-order valence-corrected chi connectivity index (χ3v) is 5.99. The lowest BCUT2D eigenvalue weighted by Crippen LogP contribution is -2.41. The maximum Gasteiger partial charge on any atom is 0.261 e. The van der Waals surface area contributed by atoms with E-state index in [9.17, 15) is 9.59 Å². The molecule has 0 fully saturated rings. The van der Waals surface area contributed by atoms with Gasteiger partial charge in [-0.2, -0.15) is 0 Å². The van der Waals surface area contributed by atoms with E-state index in [1.807, 2.05) is 44.2 Å². The van der Waals surface area contributed by atoms with E-state index in [4.69, 9.17) is 18.9 Å². The maximum absolute atomic E-state index is 13.7. The molecule has 184 valence electrons. The Morgan fingerprint density at radius 1 is 0.861 bits per heavy atom. The van der Waals surface area contributed by atoms with Gasteiger partial charge < -0.3 is 18.9 Å². The summed E-state index contributed by atoms with van der Waals surface area (Å²) >= 11 is 0. The van der Waals surface area contributed by atoms with Crippen LogP contribution in [0.5, 0.6) is 23.0 Å². The highest BCUT2D eigenvalue weighted by Gasteiger charge is 2.35. The minimum absolute atomic E-state index is 0.119. The second-order valence-corrected chi connectivity index (χ2v) is 8.48. The summed E-state index contributed by atoms with van der Waals surface area (Å²) in [5.41, 5.74) is 3.08. The lowest BCUT2D eigenvalue weighted by molar-refractivity contribution is -0.123. The van der Waals surface area contributed by atoms with Crippen LogP contribution < -0.4 is 18.9 Å². The molecule has 0 aliphatic carbocycles. The van der Waals surface area contributed by atoms with Gasteiger partial charge in [-0.05, 0) is 66.4 Å². The van der Waals surface area contributed by atoms with Crippen molar-refractivity contribution in [2.75, 3.05) is 20.0 Å². The molecule has 2 heterocycles. The van der Waals surface area contributed by atoms with E-state index in [1.54, 1.807) is 36.4 Å². The van der Waals surface area contributed by atoms with E-state index in [0.29, 0.717) is 52.9 Å². The molecule has 0 bridgehead atoms. The van der Waals surface area contributed by atoms with Crippen LogP contribution in [0, 0.1) is 0 Å². The molecular formula is C29H27NO6. The predicted molar refractivity (Wildman–Crippen MR) is 135 cm³/mol. The second-order valence-electron chi connectivity index (χ2n) is 8.48. The fourth-order valence-electron chi connectivity index (χ4n) is 4.29. The third kappa shape index (κ3) is 4.52. The zero-order chi connectivity index (χ0) is 25.1. The Hall–Kier alpha value is -4.26. The molecule has 7 heteroatoms. The maximum atomic E-state index is 13.7. The molecule has 7 nitrogen and oxygen atoms in total. The van der Waals surface area contributed by atoms with Gasteiger partial charge >= 0.3 is 0 Å². The summed E-state index contributed by atoms with van der Waals surface area (Å²) in [6.07, 6.45) is 2.68. The molecular weight excluding hydrogens is 458 g/mol. The summed E-state index contributed by atoms with van der Waals surface area (Å²) in [4.78, 5) is 28.3. The van der Waals surface area contributed by atoms with Gasteiger partial charge in [0.15, 0.2) is 23.0 Å². The number of carbonyl (C=O) groups excluding carboxylic acids is 2. The van der Waals surface area contributed by atoms with Crippen LogP contribution in [-0.2, 0) is 11.3 Å². The Kier molecular flexibility index (Phi) is 6.62. The van der Waals surface area contributed by atoms with Crippen LogP contribution >= 0.6 is 0 Å². The Balaban J connectivity index is 1.52. The quantitative estimate of drug-likeness (QED) is 0.317. The molecule has 0 atom stereocenters. The molecule has 2 amide bonds. The molecule has 0 saturated carbocycles. The summed E-state index contributed by atoms with van der Waals surface area (Å²) in [5, 5.41) is 0. The van der Waals surface area contributed by atoms with E-state index in [1.165, 1.54) is 4.90 Å². The lowest BCUT2D eigenvalue weighted by Gasteiger charge is -2.29. The number of hydrogen-bond donors (Lipinski definition) is 0. The molecule has 0 N–H and O–H groups in total. The number of rotatable bonds is 8. The number of imide groups is 1. The fraction of sp³-hybridized carbons (Fsp3) is 0.241. The van der Waals surface area contributed by atoms with Crippen molar-refractivity contribution in [1.82, 2.24) is 4.90 Å². The first kappa shape index (κ1) is 23.5. The summed E-state index contributed by atoms with van der Waals surface area (Å²) < 4.78 is 22.4. The van der Waals surface area contributed by atoms with E-state index < -0.39 is 0 Å². The zero-order valence-corrected chi connectivity index (χ0v) is 20.3. The van der Waals surface area contributed by atoms with Gasteiger partial charge in [0.25, 0.3) is 11.8 Å². The summed E-state index contributed by atoms with van der Waals surface area (Å²) in [6.45, 7) is 5.31. The van der Waals surface area contributed by atoms with Crippen molar-refractivity contribution in [3.63, 3.8) is 0 Å². The van der Waals surface area contributed by atoms with Crippen LogP contribution in [0.4, 0.5) is 0 Å². The molecule has 2 aliphatic rings. The van der Waals surface area contributed by atoms with Crippen molar-refractivity contribution in [3.8, 4) is 23.0 Å². The molecule has 0 radical (unpaired) electrons. The van der Waals surface area contributed by atoms with E-state index in [0.717, 1.165) is 17.5 Å². The van der Waals surface area contributed by atoms with Crippen LogP contribution in [0.15, 0.2) is 60.7 Å². The second kappa shape index (κ2) is 10.2. The third-order valence-electron chi connectivity index (χ3n) is 5.99. The van der Waals surface area contributed by atoms with Crippen molar-refractivity contribution < 1.29 is 28.5 Å². The molecule has 2 aliphatic heterocycles. The molecule has 3 aromatic carbocycles. The van der Waals surface area contributed by atoms with Crippen LogP contribution in [0.2, 0.25) is 0 Å². The van der Waals surface area contributed by atoms with Gasteiger partial charge in [-0.3, -0.25) is 14.5 Å². The van der Waals surface area contributed by atoms with E-state index in [2.05, 4.69) is 0 Å². The number of amides is 2. The fourth-order valence-corrected chi connectivity index (χ4v) is 4.29. The SMILES string of the molecule is CCCOc1ccc(/C=C2/C(=O)N(Cc3ccc4c(c3)OCO4)C(=O)c3ccccc32)cc1OCC. The lowest BCUT2D eigenvalue weighted by atomic mass is 9.91. The van der Waals surface area contributed by atoms with Gasteiger partial charge in [0.05, 0.1) is 19.8 Å². The summed E-state index contributed by atoms with van der Waals surface area (Å²) in [5.74, 6) is 1.84. The first-order chi connectivity index (χ1) is 17.6. The molecule has 5 rings (SSSR count). The van der Waals surface area contributed by atoms with Crippen LogP contribution in [0.1, 0.15) is 47.3 Å². The minimum atomic E-state index is -0.361. The highest BCUT2D eigenvalue weighted by atomic mass is 16.7. The first-order valence-corrected chi connectivity index (χ1v) is 12.0. The summed E-state index contributed by atoms with van der Waals surface area (Å²) in [6, 6.07) is 18.2. The molecule has 3 aromatic rings. The number of benzene rings is 3. The van der Waals surface area contributed by atoms with Gasteiger partial charge in [-0.1, -0.05) is 37.3 Å². The number of hydrogen-bond acceptors (Lipinski definition) is 6. The van der Waals surface area contributed by atoms with E-state index >= 15 is 0 Å². The monoisotopic (exact) mass is 485 g/mol. The number of ether oxygens (including phenoxy) is 4. The molecule has 0 unspecified atom stereocenters. The summed E-state index contributed by atoms with van der Waals surface area (Å²) in [7, 11) is 0. The number of carbonyl (C=O) groups is 2. The predicted octanol–water partition coefficient (Wildman–Crippen LogP) is 5.33. The molecule has 36 heavy (non-hydrogen) atoms. The Morgan fingerprint density at radius 2 is 1.67 bits per heavy atom. The average molecular weight is 486 g/mol. The highest BCUT2D eigenvalue weighted by Crippen LogP contribution is 2.36. The zero-order valence-electron chi connectivity index (χ0n) is 20.3. The molecule has 0 spiro atoms. The van der Waals surface area contributed by atoms with Crippen molar-refractivity contribution in [1.29, 1.82) is 0 Å². The van der Waals surface area contributed by atoms with Crippen molar-refractivity contribution in [2.24, 2.45) is 0 Å². The first-order valence-electron chi connectivity index (χ1n) is 12.0. The van der Waals surface area contributed by atoms with Crippen molar-refractivity contribution in [2.45, 2.75) is 26.8 Å². The normalized spacial score (nSPS) is 15.3. The van der Waals surface area contributed by atoms with Gasteiger partial charge in [0.2, 0.25) is 6.79 Å². The van der Waals surface area contributed by atoms with Crippen LogP contribution in [0.3, 0.4) is 0 Å². The number of fused-ring (bicyclic) bond motifs is 2. The Bertz CT molecular complexity index is 1350. The van der Waals surface area contributed by atoms with Crippen molar-refractivity contribution in [3.05, 3.63) is 82.9 Å². The standard InChI is InChI=1S/C29H27NO6/c1-3-13-34-24-11-9-19(15-26(24)33-4-2)14-23-21-7-5-6-8-22(21)28(31)30(29(23)32)17-20-10-12-25-27(16-20)36-18-35-25/h5-12,14-16H,3-4,13,17-18H2,1-2H3/b23-14+. The van der Waals surface area contributed by atoms with Crippen LogP contribution in [-0.4, -0.2) is 36.7 Å². The smallest absolute Gasteiger partial charge is 0.261 e. The van der Waals surface area contributed by atoms with Crippen LogP contribution in [0.25, 0.3) is 11.6 Å². The molecule has 0 aromatic heterocycles.